The molecule has 2 aromatic carbocycles. The molecular weight excluding hydrogens is 446 g/mol. The van der Waals surface area contributed by atoms with Crippen molar-refractivity contribution in [1.29, 1.82) is 0 Å². The van der Waals surface area contributed by atoms with Gasteiger partial charge in [0.2, 0.25) is 5.91 Å². The number of carbonyl (C=O) groups is 2. The van der Waals surface area contributed by atoms with E-state index in [-0.39, 0.29) is 23.2 Å². The third-order valence-corrected chi connectivity index (χ3v) is 7.45. The topological polar surface area (TPSA) is 71.4 Å². The van der Waals surface area contributed by atoms with Crippen LogP contribution in [0.2, 0.25) is 0 Å². The number of amides is 1. The average molecular weight is 472 g/mol. The predicted molar refractivity (Wildman–Crippen MR) is 136 cm³/mol. The van der Waals surface area contributed by atoms with Crippen LogP contribution in [0.3, 0.4) is 0 Å². The van der Waals surface area contributed by atoms with Crippen molar-refractivity contribution in [2.24, 2.45) is 5.92 Å². The lowest BCUT2D eigenvalue weighted by molar-refractivity contribution is -0.121. The number of para-hydroxylation sites is 1. The quantitative estimate of drug-likeness (QED) is 0.433. The van der Waals surface area contributed by atoms with Gasteiger partial charge in [0, 0.05) is 22.9 Å². The normalized spacial score (nSPS) is 14.9. The first-order chi connectivity index (χ1) is 16.5. The Kier molecular flexibility index (Phi) is 6.13. The fourth-order valence-corrected chi connectivity index (χ4v) is 5.65. The largest absolute Gasteiger partial charge is 0.317 e. The molecular formula is C27H25N3O3S. The first-order valence-electron chi connectivity index (χ1n) is 11.4. The third-order valence-electron chi connectivity index (χ3n) is 6.35. The van der Waals surface area contributed by atoms with Crippen molar-refractivity contribution >= 4 is 38.2 Å². The molecule has 1 saturated heterocycles. The van der Waals surface area contributed by atoms with Crippen molar-refractivity contribution in [3.8, 4) is 5.69 Å². The molecule has 3 heterocycles. The zero-order valence-corrected chi connectivity index (χ0v) is 19.7. The number of nitrogens with one attached hydrogen (secondary N) is 1. The number of thiophene rings is 1. The summed E-state index contributed by atoms with van der Waals surface area (Å²) in [6.07, 6.45) is 1.56. The Morgan fingerprint density at radius 2 is 1.56 bits per heavy atom. The number of hydrogen-bond acceptors (Lipinski definition) is 5. The summed E-state index contributed by atoms with van der Waals surface area (Å²) in [5.74, 6) is -0.350. The summed E-state index contributed by atoms with van der Waals surface area (Å²) >= 11 is 1.28. The van der Waals surface area contributed by atoms with Gasteiger partial charge >= 0.3 is 0 Å². The minimum atomic E-state index is -0.188. The molecule has 0 atom stereocenters. The first-order valence-corrected chi connectivity index (χ1v) is 12.2. The lowest BCUT2D eigenvalue weighted by Gasteiger charge is -2.27. The van der Waals surface area contributed by atoms with Gasteiger partial charge < -0.3 is 10.2 Å². The highest BCUT2D eigenvalue weighted by Gasteiger charge is 2.28. The van der Waals surface area contributed by atoms with Crippen molar-refractivity contribution in [1.82, 2.24) is 9.47 Å². The molecule has 0 saturated carbocycles. The Morgan fingerprint density at radius 1 is 0.912 bits per heavy atom. The first kappa shape index (κ1) is 22.3. The molecule has 7 heteroatoms. The third kappa shape index (κ3) is 4.20. The number of pyridine rings is 1. The summed E-state index contributed by atoms with van der Waals surface area (Å²) in [6, 6.07) is 21.5. The van der Waals surface area contributed by atoms with Crippen molar-refractivity contribution in [3.05, 3.63) is 94.3 Å². The lowest BCUT2D eigenvalue weighted by Crippen LogP contribution is -2.36. The van der Waals surface area contributed by atoms with Gasteiger partial charge in [0.05, 0.1) is 11.3 Å². The minimum absolute atomic E-state index is 0.0737. The van der Waals surface area contributed by atoms with E-state index in [9.17, 15) is 14.4 Å². The highest BCUT2D eigenvalue weighted by Crippen LogP contribution is 2.38. The van der Waals surface area contributed by atoms with Gasteiger partial charge in [-0.3, -0.25) is 19.0 Å². The van der Waals surface area contributed by atoms with Gasteiger partial charge in [0.1, 0.15) is 9.83 Å². The van der Waals surface area contributed by atoms with Crippen LogP contribution in [0, 0.1) is 5.92 Å². The Hall–Kier alpha value is -3.55. The molecule has 1 aliphatic heterocycles. The number of anilines is 1. The average Bonchev–Trinajstić information content (AvgIpc) is 3.22. The van der Waals surface area contributed by atoms with Gasteiger partial charge in [0.15, 0.2) is 5.78 Å². The smallest absolute Gasteiger partial charge is 0.256 e. The SMILES string of the molecule is CN1CCC(C(=O)Nc2sc3c(ccc(=O)n3-c3ccccc3)c2C(=O)c2ccccc2)CC1. The maximum Gasteiger partial charge on any atom is 0.256 e. The van der Waals surface area contributed by atoms with Crippen LogP contribution in [0.25, 0.3) is 15.9 Å². The summed E-state index contributed by atoms with van der Waals surface area (Å²) < 4.78 is 1.60. The highest BCUT2D eigenvalue weighted by molar-refractivity contribution is 7.23. The number of ketones is 1. The number of hydrogen-bond donors (Lipinski definition) is 1. The van der Waals surface area contributed by atoms with Gasteiger partial charge in [-0.2, -0.15) is 0 Å². The van der Waals surface area contributed by atoms with E-state index in [0.29, 0.717) is 32.0 Å². The maximum atomic E-state index is 13.6. The van der Waals surface area contributed by atoms with E-state index in [1.165, 1.54) is 17.4 Å². The number of nitrogens with zero attached hydrogens (tertiary/aromatic N) is 2. The summed E-state index contributed by atoms with van der Waals surface area (Å²) in [4.78, 5) is 42.6. The zero-order valence-electron chi connectivity index (χ0n) is 18.9. The lowest BCUT2D eigenvalue weighted by atomic mass is 9.96. The summed E-state index contributed by atoms with van der Waals surface area (Å²) in [6.45, 7) is 1.74. The summed E-state index contributed by atoms with van der Waals surface area (Å²) in [5, 5.41) is 4.20. The summed E-state index contributed by atoms with van der Waals surface area (Å²) in [5.41, 5.74) is 1.49. The van der Waals surface area contributed by atoms with Crippen molar-refractivity contribution in [3.63, 3.8) is 0 Å². The van der Waals surface area contributed by atoms with E-state index in [1.807, 2.05) is 48.5 Å². The Balaban J connectivity index is 1.65. The van der Waals surface area contributed by atoms with Gasteiger partial charge in [-0.25, -0.2) is 0 Å². The van der Waals surface area contributed by atoms with Gasteiger partial charge in [-0.15, -0.1) is 0 Å². The van der Waals surface area contributed by atoms with Crippen LogP contribution >= 0.6 is 11.3 Å². The van der Waals surface area contributed by atoms with E-state index >= 15 is 0 Å². The number of piperidine rings is 1. The van der Waals surface area contributed by atoms with Crippen LogP contribution in [0.4, 0.5) is 5.00 Å². The van der Waals surface area contributed by atoms with E-state index in [4.69, 9.17) is 0 Å². The molecule has 0 unspecified atom stereocenters. The number of carbonyl (C=O) groups excluding carboxylic acids is 2. The van der Waals surface area contributed by atoms with Crippen LogP contribution in [-0.2, 0) is 4.79 Å². The zero-order chi connectivity index (χ0) is 23.7. The Bertz CT molecular complexity index is 1400. The number of aromatic nitrogens is 1. The van der Waals surface area contributed by atoms with Crippen LogP contribution in [0.1, 0.15) is 28.8 Å². The molecule has 0 spiro atoms. The van der Waals surface area contributed by atoms with E-state index in [1.54, 1.807) is 22.8 Å². The molecule has 1 aliphatic rings. The van der Waals surface area contributed by atoms with Crippen molar-refractivity contribution in [2.45, 2.75) is 12.8 Å². The number of likely N-dealkylation sites (tertiary alicyclic amines) is 1. The van der Waals surface area contributed by atoms with Gasteiger partial charge in [-0.05, 0) is 51.2 Å². The molecule has 0 bridgehead atoms. The Labute approximate surface area is 201 Å². The summed E-state index contributed by atoms with van der Waals surface area (Å²) in [7, 11) is 2.06. The molecule has 2 aromatic heterocycles. The van der Waals surface area contributed by atoms with Crippen molar-refractivity contribution < 1.29 is 9.59 Å². The van der Waals surface area contributed by atoms with E-state index in [0.717, 1.165) is 25.9 Å². The monoisotopic (exact) mass is 471 g/mol. The molecule has 34 heavy (non-hydrogen) atoms. The number of rotatable bonds is 5. The standard InChI is InChI=1S/C27H25N3O3S/c1-29-16-14-19(15-17-29)25(33)28-26-23(24(32)18-8-4-2-5-9-18)21-12-13-22(31)30(27(21)34-26)20-10-6-3-7-11-20/h2-13,19H,14-17H2,1H3,(H,28,33). The maximum absolute atomic E-state index is 13.6. The van der Waals surface area contributed by atoms with Gasteiger partial charge in [0.25, 0.3) is 5.56 Å². The molecule has 6 nitrogen and oxygen atoms in total. The Morgan fingerprint density at radius 3 is 2.24 bits per heavy atom. The molecule has 0 aliphatic carbocycles. The fraction of sp³-hybridized carbons (Fsp3) is 0.222. The fourth-order valence-electron chi connectivity index (χ4n) is 4.44. The second kappa shape index (κ2) is 9.37. The number of fused-ring (bicyclic) bond motifs is 1. The molecule has 4 aromatic rings. The van der Waals surface area contributed by atoms with E-state index < -0.39 is 0 Å². The highest BCUT2D eigenvalue weighted by atomic mass is 32.1. The predicted octanol–water partition coefficient (Wildman–Crippen LogP) is 4.56. The van der Waals surface area contributed by atoms with Crippen LogP contribution in [-0.4, -0.2) is 41.3 Å². The molecule has 0 radical (unpaired) electrons. The number of benzene rings is 2. The second-order valence-corrected chi connectivity index (χ2v) is 9.63. The molecule has 1 N–H and O–H groups in total. The van der Waals surface area contributed by atoms with Crippen LogP contribution < -0.4 is 10.9 Å². The molecule has 1 fully saturated rings. The van der Waals surface area contributed by atoms with Crippen LogP contribution in [0.5, 0.6) is 0 Å². The molecule has 5 rings (SSSR count). The second-order valence-electron chi connectivity index (χ2n) is 8.63. The van der Waals surface area contributed by atoms with E-state index in [2.05, 4.69) is 17.3 Å². The molecule has 1 amide bonds. The van der Waals surface area contributed by atoms with Crippen molar-refractivity contribution in [2.75, 3.05) is 25.5 Å². The van der Waals surface area contributed by atoms with Crippen LogP contribution in [0.15, 0.2) is 77.6 Å². The minimum Gasteiger partial charge on any atom is -0.317 e. The van der Waals surface area contributed by atoms with Gasteiger partial charge in [-0.1, -0.05) is 59.9 Å². The molecule has 172 valence electrons.